The van der Waals surface area contributed by atoms with Gasteiger partial charge in [-0.1, -0.05) is 33.1 Å². The van der Waals surface area contributed by atoms with Crippen molar-refractivity contribution < 1.29 is 0 Å². The smallest absolute Gasteiger partial charge is 0.00981 e. The van der Waals surface area contributed by atoms with Crippen LogP contribution in [0.2, 0.25) is 0 Å². The third kappa shape index (κ3) is 3.24. The van der Waals surface area contributed by atoms with Crippen LogP contribution in [0.15, 0.2) is 0 Å². The average molecular weight is 277 g/mol. The summed E-state index contributed by atoms with van der Waals surface area (Å²) in [4.78, 5) is 0. The van der Waals surface area contributed by atoms with Crippen molar-refractivity contribution >= 4 is 0 Å². The third-order valence-corrected chi connectivity index (χ3v) is 6.83. The van der Waals surface area contributed by atoms with E-state index in [0.717, 1.165) is 35.6 Å². The number of hydrogen-bond donors (Lipinski definition) is 1. The van der Waals surface area contributed by atoms with E-state index in [1.165, 1.54) is 45.1 Å². The van der Waals surface area contributed by atoms with Gasteiger partial charge in [-0.25, -0.2) is 0 Å². The van der Waals surface area contributed by atoms with Gasteiger partial charge >= 0.3 is 0 Å². The minimum atomic E-state index is 0.843. The van der Waals surface area contributed by atoms with Gasteiger partial charge in [0, 0.05) is 6.04 Å². The second-order valence-corrected chi connectivity index (χ2v) is 8.08. The van der Waals surface area contributed by atoms with E-state index in [1.807, 2.05) is 0 Å². The van der Waals surface area contributed by atoms with Gasteiger partial charge < -0.3 is 5.32 Å². The molecule has 0 amide bonds. The summed E-state index contributed by atoms with van der Waals surface area (Å²) in [5.74, 6) is 5.32. The molecular weight excluding hydrogens is 242 g/mol. The maximum Gasteiger partial charge on any atom is 0.00981 e. The molecule has 0 aromatic carbocycles. The molecule has 0 radical (unpaired) electrons. The summed E-state index contributed by atoms with van der Waals surface area (Å²) in [6.45, 7) is 5.93. The molecule has 6 unspecified atom stereocenters. The average Bonchev–Trinajstić information content (AvgIpc) is 3.18. The van der Waals surface area contributed by atoms with Crippen LogP contribution in [0.4, 0.5) is 0 Å². The highest BCUT2D eigenvalue weighted by Crippen LogP contribution is 2.50. The Morgan fingerprint density at radius 3 is 2.50 bits per heavy atom. The second-order valence-electron chi connectivity index (χ2n) is 8.08. The van der Waals surface area contributed by atoms with Gasteiger partial charge in [0.25, 0.3) is 0 Å². The monoisotopic (exact) mass is 277 g/mol. The Balaban J connectivity index is 1.55. The fourth-order valence-electron chi connectivity index (χ4n) is 5.61. The first-order valence-corrected chi connectivity index (χ1v) is 9.53. The van der Waals surface area contributed by atoms with Crippen molar-refractivity contribution in [1.29, 1.82) is 0 Å². The zero-order valence-electron chi connectivity index (χ0n) is 13.7. The molecule has 0 saturated heterocycles. The molecule has 1 nitrogen and oxygen atoms in total. The predicted molar refractivity (Wildman–Crippen MR) is 86.8 cm³/mol. The molecule has 0 aliphatic heterocycles. The molecule has 3 aliphatic carbocycles. The summed E-state index contributed by atoms with van der Waals surface area (Å²) in [5, 5.41) is 3.94. The number of fused-ring (bicyclic) bond motifs is 2. The predicted octanol–water partition coefficient (Wildman–Crippen LogP) is 5.01. The van der Waals surface area contributed by atoms with Gasteiger partial charge in [0.1, 0.15) is 0 Å². The zero-order valence-corrected chi connectivity index (χ0v) is 13.7. The van der Waals surface area contributed by atoms with Gasteiger partial charge in [0.2, 0.25) is 0 Å². The van der Waals surface area contributed by atoms with Crippen LogP contribution in [-0.2, 0) is 0 Å². The lowest BCUT2D eigenvalue weighted by molar-refractivity contribution is 0.234. The highest BCUT2D eigenvalue weighted by Gasteiger charge is 2.41. The van der Waals surface area contributed by atoms with Crippen LogP contribution < -0.4 is 5.32 Å². The normalized spacial score (nSPS) is 41.4. The maximum absolute atomic E-state index is 3.94. The minimum absolute atomic E-state index is 0.843. The van der Waals surface area contributed by atoms with Crippen molar-refractivity contribution in [2.24, 2.45) is 29.6 Å². The molecule has 0 spiro atoms. The molecule has 0 aromatic heterocycles. The van der Waals surface area contributed by atoms with Crippen molar-refractivity contribution in [2.75, 3.05) is 6.54 Å². The summed E-state index contributed by atoms with van der Waals surface area (Å²) >= 11 is 0. The van der Waals surface area contributed by atoms with Crippen LogP contribution in [0.25, 0.3) is 0 Å². The topological polar surface area (TPSA) is 12.0 Å². The van der Waals surface area contributed by atoms with Crippen molar-refractivity contribution in [2.45, 2.75) is 84.1 Å². The van der Waals surface area contributed by atoms with Crippen LogP contribution in [0, 0.1) is 29.6 Å². The summed E-state index contributed by atoms with van der Waals surface area (Å²) in [6, 6.07) is 0.843. The highest BCUT2D eigenvalue weighted by atomic mass is 14.9. The van der Waals surface area contributed by atoms with Crippen LogP contribution >= 0.6 is 0 Å². The van der Waals surface area contributed by atoms with Crippen molar-refractivity contribution in [3.63, 3.8) is 0 Å². The Bertz CT molecular complexity index is 300. The number of rotatable bonds is 7. The van der Waals surface area contributed by atoms with E-state index in [2.05, 4.69) is 19.2 Å². The van der Waals surface area contributed by atoms with Crippen molar-refractivity contribution in [3.8, 4) is 0 Å². The summed E-state index contributed by atoms with van der Waals surface area (Å²) < 4.78 is 0. The second kappa shape index (κ2) is 6.81. The van der Waals surface area contributed by atoms with Crippen molar-refractivity contribution in [3.05, 3.63) is 0 Å². The Kier molecular flexibility index (Phi) is 5.07. The molecule has 1 N–H and O–H groups in total. The molecule has 2 bridgehead atoms. The minimum Gasteiger partial charge on any atom is -0.314 e. The largest absolute Gasteiger partial charge is 0.314 e. The van der Waals surface area contributed by atoms with Crippen LogP contribution in [0.3, 0.4) is 0 Å². The van der Waals surface area contributed by atoms with Crippen LogP contribution in [0.1, 0.15) is 78.1 Å². The molecule has 1 heteroatoms. The molecule has 3 saturated carbocycles. The molecule has 6 atom stereocenters. The third-order valence-electron chi connectivity index (χ3n) is 6.83. The van der Waals surface area contributed by atoms with E-state index in [4.69, 9.17) is 0 Å². The summed E-state index contributed by atoms with van der Waals surface area (Å²) in [5.41, 5.74) is 0. The van der Waals surface area contributed by atoms with Gasteiger partial charge in [-0.3, -0.25) is 0 Å². The van der Waals surface area contributed by atoms with Crippen LogP contribution in [0.5, 0.6) is 0 Å². The fraction of sp³-hybridized carbons (Fsp3) is 1.00. The Morgan fingerprint density at radius 1 is 1.00 bits per heavy atom. The molecule has 0 heterocycles. The van der Waals surface area contributed by atoms with E-state index in [1.54, 1.807) is 25.7 Å². The highest BCUT2D eigenvalue weighted by molar-refractivity contribution is 4.94. The summed E-state index contributed by atoms with van der Waals surface area (Å²) in [7, 11) is 0. The first-order chi connectivity index (χ1) is 9.80. The maximum atomic E-state index is 3.94. The molecule has 20 heavy (non-hydrogen) atoms. The molecule has 0 aromatic rings. The van der Waals surface area contributed by atoms with E-state index in [9.17, 15) is 0 Å². The molecule has 3 aliphatic rings. The van der Waals surface area contributed by atoms with E-state index >= 15 is 0 Å². The standard InChI is InChI=1S/C19H35N/c1-3-9-20-19(17-8-5-14(4-2)10-17)13-18-12-15-6-7-16(18)11-15/h14-20H,3-13H2,1-2H3. The lowest BCUT2D eigenvalue weighted by atomic mass is 9.80. The van der Waals surface area contributed by atoms with E-state index in [-0.39, 0.29) is 0 Å². The molecule has 3 fully saturated rings. The molecule has 116 valence electrons. The van der Waals surface area contributed by atoms with E-state index < -0.39 is 0 Å². The number of nitrogens with one attached hydrogen (secondary N) is 1. The first-order valence-electron chi connectivity index (χ1n) is 9.53. The quantitative estimate of drug-likeness (QED) is 0.690. The fourth-order valence-corrected chi connectivity index (χ4v) is 5.61. The molecular formula is C19H35N. The van der Waals surface area contributed by atoms with Gasteiger partial charge in [-0.2, -0.15) is 0 Å². The number of hydrogen-bond acceptors (Lipinski definition) is 1. The Morgan fingerprint density at radius 2 is 1.90 bits per heavy atom. The summed E-state index contributed by atoms with van der Waals surface area (Å²) in [6.07, 6.45) is 15.0. The SMILES string of the molecule is CCCNC(CC1CC2CCC1C2)C1CCC(CC)C1. The van der Waals surface area contributed by atoms with Gasteiger partial charge in [-0.15, -0.1) is 0 Å². The Hall–Kier alpha value is -0.0400. The van der Waals surface area contributed by atoms with Gasteiger partial charge in [0.15, 0.2) is 0 Å². The zero-order chi connectivity index (χ0) is 13.9. The Labute approximate surface area is 126 Å². The van der Waals surface area contributed by atoms with E-state index in [0.29, 0.717) is 0 Å². The lowest BCUT2D eigenvalue weighted by Gasteiger charge is -2.31. The van der Waals surface area contributed by atoms with Gasteiger partial charge in [0.05, 0.1) is 0 Å². The lowest BCUT2D eigenvalue weighted by Crippen LogP contribution is -2.38. The first kappa shape index (κ1) is 14.9. The van der Waals surface area contributed by atoms with Crippen LogP contribution in [-0.4, -0.2) is 12.6 Å². The van der Waals surface area contributed by atoms with Gasteiger partial charge in [-0.05, 0) is 81.1 Å². The van der Waals surface area contributed by atoms with Crippen molar-refractivity contribution in [1.82, 2.24) is 5.32 Å². The molecule has 3 rings (SSSR count).